The van der Waals surface area contributed by atoms with Crippen molar-refractivity contribution in [2.24, 2.45) is 5.41 Å². The zero-order valence-corrected chi connectivity index (χ0v) is 9.12. The van der Waals surface area contributed by atoms with E-state index in [4.69, 9.17) is 4.74 Å². The SMILES string of the molecule is COc1ncccc1CC1(C(C)=O)CC1. The number of pyridine rings is 1. The van der Waals surface area contributed by atoms with Crippen LogP contribution in [0.5, 0.6) is 5.88 Å². The Bertz CT molecular complexity index is 383. The first-order valence-corrected chi connectivity index (χ1v) is 5.17. The van der Waals surface area contributed by atoms with Gasteiger partial charge in [0.1, 0.15) is 5.78 Å². The van der Waals surface area contributed by atoms with E-state index in [9.17, 15) is 4.79 Å². The summed E-state index contributed by atoms with van der Waals surface area (Å²) < 4.78 is 5.18. The van der Waals surface area contributed by atoms with Crippen LogP contribution in [0.15, 0.2) is 18.3 Å². The molecule has 15 heavy (non-hydrogen) atoms. The summed E-state index contributed by atoms with van der Waals surface area (Å²) in [7, 11) is 1.61. The van der Waals surface area contributed by atoms with Crippen molar-refractivity contribution in [2.45, 2.75) is 26.2 Å². The van der Waals surface area contributed by atoms with Crippen molar-refractivity contribution in [3.05, 3.63) is 23.9 Å². The summed E-state index contributed by atoms with van der Waals surface area (Å²) in [6.07, 6.45) is 4.47. The Balaban J connectivity index is 2.21. The van der Waals surface area contributed by atoms with Crippen molar-refractivity contribution in [1.29, 1.82) is 0 Å². The summed E-state index contributed by atoms with van der Waals surface area (Å²) in [5.41, 5.74) is 0.920. The van der Waals surface area contributed by atoms with E-state index in [1.54, 1.807) is 20.2 Å². The molecule has 0 aliphatic heterocycles. The van der Waals surface area contributed by atoms with Crippen LogP contribution >= 0.6 is 0 Å². The molecule has 80 valence electrons. The highest BCUT2D eigenvalue weighted by atomic mass is 16.5. The zero-order valence-electron chi connectivity index (χ0n) is 9.12. The van der Waals surface area contributed by atoms with Crippen LogP contribution in [0.3, 0.4) is 0 Å². The van der Waals surface area contributed by atoms with Crippen molar-refractivity contribution in [3.63, 3.8) is 0 Å². The quantitative estimate of drug-likeness (QED) is 0.754. The number of hydrogen-bond donors (Lipinski definition) is 0. The minimum absolute atomic E-state index is 0.115. The third-order valence-corrected chi connectivity index (χ3v) is 3.17. The minimum atomic E-state index is -0.115. The third kappa shape index (κ3) is 1.87. The van der Waals surface area contributed by atoms with Gasteiger partial charge in [0.05, 0.1) is 7.11 Å². The molecule has 0 spiro atoms. The molecular weight excluding hydrogens is 190 g/mol. The minimum Gasteiger partial charge on any atom is -0.481 e. The maximum Gasteiger partial charge on any atom is 0.216 e. The van der Waals surface area contributed by atoms with Gasteiger partial charge in [0.2, 0.25) is 5.88 Å². The Hall–Kier alpha value is -1.38. The van der Waals surface area contributed by atoms with Crippen LogP contribution in [0.1, 0.15) is 25.3 Å². The number of carbonyl (C=O) groups is 1. The van der Waals surface area contributed by atoms with Crippen LogP contribution in [0.25, 0.3) is 0 Å². The molecular formula is C12H15NO2. The molecule has 0 unspecified atom stereocenters. The zero-order chi connectivity index (χ0) is 10.9. The lowest BCUT2D eigenvalue weighted by molar-refractivity contribution is -0.121. The van der Waals surface area contributed by atoms with Crippen molar-refractivity contribution < 1.29 is 9.53 Å². The molecule has 0 radical (unpaired) electrons. The molecule has 3 nitrogen and oxygen atoms in total. The van der Waals surface area contributed by atoms with E-state index in [0.29, 0.717) is 5.88 Å². The van der Waals surface area contributed by atoms with Gasteiger partial charge in [-0.1, -0.05) is 6.07 Å². The number of carbonyl (C=O) groups excluding carboxylic acids is 1. The Morgan fingerprint density at radius 3 is 2.87 bits per heavy atom. The number of ether oxygens (including phenoxy) is 1. The fourth-order valence-corrected chi connectivity index (χ4v) is 1.91. The highest BCUT2D eigenvalue weighted by Gasteiger charge is 2.47. The summed E-state index contributed by atoms with van der Waals surface area (Å²) in [5, 5.41) is 0. The number of methoxy groups -OCH3 is 1. The van der Waals surface area contributed by atoms with Gasteiger partial charge in [-0.3, -0.25) is 4.79 Å². The molecule has 0 aromatic carbocycles. The Labute approximate surface area is 89.5 Å². The normalized spacial score (nSPS) is 17.2. The van der Waals surface area contributed by atoms with Gasteiger partial charge in [-0.25, -0.2) is 4.98 Å². The number of nitrogens with zero attached hydrogens (tertiary/aromatic N) is 1. The molecule has 1 saturated carbocycles. The lowest BCUT2D eigenvalue weighted by Crippen LogP contribution is -2.15. The van der Waals surface area contributed by atoms with Gasteiger partial charge in [0.15, 0.2) is 0 Å². The lowest BCUT2D eigenvalue weighted by atomic mass is 9.93. The summed E-state index contributed by atoms with van der Waals surface area (Å²) in [4.78, 5) is 15.6. The molecule has 0 amide bonds. The second kappa shape index (κ2) is 3.65. The van der Waals surface area contributed by atoms with Crippen LogP contribution in [-0.2, 0) is 11.2 Å². The molecule has 1 aromatic heterocycles. The topological polar surface area (TPSA) is 39.2 Å². The molecule has 1 aromatic rings. The fourth-order valence-electron chi connectivity index (χ4n) is 1.91. The first-order valence-electron chi connectivity index (χ1n) is 5.17. The van der Waals surface area contributed by atoms with E-state index in [0.717, 1.165) is 24.8 Å². The molecule has 1 aliphatic rings. The second-order valence-corrected chi connectivity index (χ2v) is 4.19. The standard InChI is InChI=1S/C12H15NO2/c1-9(14)12(5-6-12)8-10-4-3-7-13-11(10)15-2/h3-4,7H,5-6,8H2,1-2H3. The number of ketones is 1. The first-order chi connectivity index (χ1) is 7.18. The van der Waals surface area contributed by atoms with Crippen LogP contribution in [0.4, 0.5) is 0 Å². The average molecular weight is 205 g/mol. The van der Waals surface area contributed by atoms with E-state index in [2.05, 4.69) is 4.98 Å². The van der Waals surface area contributed by atoms with Crippen molar-refractivity contribution >= 4 is 5.78 Å². The van der Waals surface area contributed by atoms with E-state index in [1.807, 2.05) is 12.1 Å². The molecule has 2 rings (SSSR count). The second-order valence-electron chi connectivity index (χ2n) is 4.19. The van der Waals surface area contributed by atoms with Gasteiger partial charge >= 0.3 is 0 Å². The van der Waals surface area contributed by atoms with Crippen LogP contribution in [0.2, 0.25) is 0 Å². The molecule has 0 bridgehead atoms. The summed E-state index contributed by atoms with van der Waals surface area (Å²) >= 11 is 0. The Morgan fingerprint density at radius 2 is 2.33 bits per heavy atom. The maximum atomic E-state index is 11.5. The number of hydrogen-bond acceptors (Lipinski definition) is 3. The van der Waals surface area contributed by atoms with Crippen LogP contribution < -0.4 is 4.74 Å². The van der Waals surface area contributed by atoms with E-state index in [-0.39, 0.29) is 11.2 Å². The van der Waals surface area contributed by atoms with E-state index >= 15 is 0 Å². The third-order valence-electron chi connectivity index (χ3n) is 3.17. The highest BCUT2D eigenvalue weighted by molar-refractivity contribution is 5.85. The molecule has 0 saturated heterocycles. The molecule has 3 heteroatoms. The van der Waals surface area contributed by atoms with Crippen LogP contribution in [0, 0.1) is 5.41 Å². The van der Waals surface area contributed by atoms with E-state index in [1.165, 1.54) is 0 Å². The smallest absolute Gasteiger partial charge is 0.216 e. The first kappa shape index (κ1) is 10.1. The lowest BCUT2D eigenvalue weighted by Gasteiger charge is -2.12. The van der Waals surface area contributed by atoms with E-state index < -0.39 is 0 Å². The number of Topliss-reactive ketones (excluding diaryl/α,β-unsaturated/α-hetero) is 1. The van der Waals surface area contributed by atoms with Gasteiger partial charge < -0.3 is 4.74 Å². The summed E-state index contributed by atoms with van der Waals surface area (Å²) in [6.45, 7) is 1.68. The van der Waals surface area contributed by atoms with Gasteiger partial charge in [0.25, 0.3) is 0 Å². The fraction of sp³-hybridized carbons (Fsp3) is 0.500. The largest absolute Gasteiger partial charge is 0.481 e. The number of aromatic nitrogens is 1. The van der Waals surface area contributed by atoms with Gasteiger partial charge in [0, 0.05) is 17.2 Å². The predicted octanol–water partition coefficient (Wildman–Crippen LogP) is 2.00. The molecule has 0 atom stereocenters. The average Bonchev–Trinajstić information content (AvgIpc) is 3.00. The molecule has 0 N–H and O–H groups in total. The van der Waals surface area contributed by atoms with Gasteiger partial charge in [-0.15, -0.1) is 0 Å². The maximum absolute atomic E-state index is 11.5. The van der Waals surface area contributed by atoms with Crippen molar-refractivity contribution in [2.75, 3.05) is 7.11 Å². The summed E-state index contributed by atoms with van der Waals surface area (Å²) in [6, 6.07) is 3.86. The Morgan fingerprint density at radius 1 is 1.60 bits per heavy atom. The summed E-state index contributed by atoms with van der Waals surface area (Å²) in [5.74, 6) is 0.929. The monoisotopic (exact) mass is 205 g/mol. The molecule has 1 fully saturated rings. The molecule has 1 aliphatic carbocycles. The van der Waals surface area contributed by atoms with Crippen LogP contribution in [-0.4, -0.2) is 17.9 Å². The highest BCUT2D eigenvalue weighted by Crippen LogP contribution is 2.49. The van der Waals surface area contributed by atoms with Crippen molar-refractivity contribution in [1.82, 2.24) is 4.98 Å². The van der Waals surface area contributed by atoms with Gasteiger partial charge in [-0.2, -0.15) is 0 Å². The molecule has 1 heterocycles. The number of rotatable bonds is 4. The van der Waals surface area contributed by atoms with Gasteiger partial charge in [-0.05, 0) is 32.3 Å². The van der Waals surface area contributed by atoms with Crippen molar-refractivity contribution in [3.8, 4) is 5.88 Å². The predicted molar refractivity (Wildman–Crippen MR) is 56.8 cm³/mol. The Kier molecular flexibility index (Phi) is 2.47.